The number of piperidine rings is 1. The minimum atomic E-state index is -0.807. The van der Waals surface area contributed by atoms with Crippen molar-refractivity contribution in [3.8, 4) is 0 Å². The fourth-order valence-electron chi connectivity index (χ4n) is 6.35. The van der Waals surface area contributed by atoms with Crippen LogP contribution in [0.1, 0.15) is 99.5 Å². The summed E-state index contributed by atoms with van der Waals surface area (Å²) in [6.45, 7) is 8.10. The Bertz CT molecular complexity index is 1090. The molecule has 38 heavy (non-hydrogen) atoms. The summed E-state index contributed by atoms with van der Waals surface area (Å²) >= 11 is 1.67. The lowest BCUT2D eigenvalue weighted by atomic mass is 9.82. The normalized spacial score (nSPS) is 27.3. The minimum Gasteiger partial charge on any atom is -0.432 e. The number of rotatable bonds is 6. The monoisotopic (exact) mass is 560 g/mol. The maximum Gasteiger partial charge on any atom is 0.509 e. The summed E-state index contributed by atoms with van der Waals surface area (Å²) < 4.78 is 10.9. The third kappa shape index (κ3) is 6.07. The molecule has 2 aliphatic heterocycles. The molecule has 2 aliphatic carbocycles. The summed E-state index contributed by atoms with van der Waals surface area (Å²) in [4.78, 5) is 35.0. The number of ether oxygens (including phenoxy) is 2. The van der Waals surface area contributed by atoms with E-state index in [0.717, 1.165) is 68.1 Å². The molecular formula is C30H44N2O4S2. The molecule has 1 unspecified atom stereocenters. The van der Waals surface area contributed by atoms with E-state index in [9.17, 15) is 9.59 Å². The Hall–Kier alpha value is -1.64. The fraction of sp³-hybridized carbons (Fsp3) is 0.700. The number of hydrogen-bond acceptors (Lipinski definition) is 7. The van der Waals surface area contributed by atoms with Gasteiger partial charge < -0.3 is 19.3 Å². The van der Waals surface area contributed by atoms with Crippen LogP contribution in [0.4, 0.5) is 10.5 Å². The highest BCUT2D eigenvalue weighted by atomic mass is 32.2. The molecule has 0 bridgehead atoms. The number of fused-ring (bicyclic) bond motifs is 1. The van der Waals surface area contributed by atoms with Crippen LogP contribution in [0.15, 0.2) is 12.1 Å². The Kier molecular flexibility index (Phi) is 9.00. The van der Waals surface area contributed by atoms with Gasteiger partial charge in [-0.15, -0.1) is 11.3 Å². The highest BCUT2D eigenvalue weighted by Crippen LogP contribution is 2.49. The smallest absolute Gasteiger partial charge is 0.432 e. The first-order valence-corrected chi connectivity index (χ1v) is 16.8. The zero-order chi connectivity index (χ0) is 26.8. The Labute approximate surface area is 234 Å². The highest BCUT2D eigenvalue weighted by Gasteiger charge is 2.41. The first-order chi connectivity index (χ1) is 18.3. The van der Waals surface area contributed by atoms with Crippen molar-refractivity contribution in [3.05, 3.63) is 21.9 Å². The zero-order valence-electron chi connectivity index (χ0n) is 23.5. The molecule has 0 aromatic carbocycles. The molecule has 3 heterocycles. The molecular weight excluding hydrogens is 516 g/mol. The van der Waals surface area contributed by atoms with Crippen molar-refractivity contribution in [2.45, 2.75) is 97.1 Å². The van der Waals surface area contributed by atoms with E-state index in [2.05, 4.69) is 35.9 Å². The number of allylic oxidation sites excluding steroid dienone is 2. The predicted octanol–water partition coefficient (Wildman–Crippen LogP) is 7.50. The maximum atomic E-state index is 14.3. The average Bonchev–Trinajstić information content (AvgIpc) is 3.35. The van der Waals surface area contributed by atoms with Crippen LogP contribution in [0, 0.1) is 11.8 Å². The summed E-state index contributed by atoms with van der Waals surface area (Å²) in [5.41, 5.74) is 2.52. The van der Waals surface area contributed by atoms with Gasteiger partial charge in [-0.3, -0.25) is 4.79 Å². The first kappa shape index (κ1) is 27.9. The van der Waals surface area contributed by atoms with Crippen molar-refractivity contribution in [3.63, 3.8) is 0 Å². The van der Waals surface area contributed by atoms with E-state index in [1.807, 2.05) is 13.8 Å². The SMILES string of the molecule is CC1CCC(C2=S(COC(=O)OC(C)C)C(=O)c3sc(C4=CCCCC4)cc3N2C2CCN(C)CC2)CC1. The van der Waals surface area contributed by atoms with Gasteiger partial charge in [-0.2, -0.15) is 0 Å². The summed E-state index contributed by atoms with van der Waals surface area (Å²) in [5.74, 6) is 1.17. The number of anilines is 1. The van der Waals surface area contributed by atoms with E-state index >= 15 is 0 Å². The molecule has 0 spiro atoms. The van der Waals surface area contributed by atoms with Gasteiger partial charge in [0.15, 0.2) is 0 Å². The first-order valence-electron chi connectivity index (χ1n) is 14.6. The molecule has 1 saturated heterocycles. The Morgan fingerprint density at radius 2 is 1.87 bits per heavy atom. The van der Waals surface area contributed by atoms with Crippen LogP contribution in [0.5, 0.6) is 0 Å². The lowest BCUT2D eigenvalue weighted by Gasteiger charge is -2.45. The minimum absolute atomic E-state index is 0.0876. The maximum absolute atomic E-state index is 14.3. The van der Waals surface area contributed by atoms with Crippen LogP contribution in [0.2, 0.25) is 0 Å². The van der Waals surface area contributed by atoms with Crippen molar-refractivity contribution in [2.75, 3.05) is 31.0 Å². The quantitative estimate of drug-likeness (QED) is 0.265. The number of nitrogens with zero attached hydrogens (tertiary/aromatic N) is 2. The molecule has 1 atom stereocenters. The van der Waals surface area contributed by atoms with E-state index < -0.39 is 16.6 Å². The fourth-order valence-corrected chi connectivity index (χ4v) is 9.92. The van der Waals surface area contributed by atoms with Crippen molar-refractivity contribution in [1.29, 1.82) is 0 Å². The second-order valence-electron chi connectivity index (χ2n) is 11.9. The molecule has 0 N–H and O–H groups in total. The predicted molar refractivity (Wildman–Crippen MR) is 159 cm³/mol. The van der Waals surface area contributed by atoms with Gasteiger partial charge in [0.2, 0.25) is 5.12 Å². The second-order valence-corrected chi connectivity index (χ2v) is 14.7. The van der Waals surface area contributed by atoms with Gasteiger partial charge in [0.25, 0.3) is 0 Å². The molecule has 5 rings (SSSR count). The number of carbonyl (C=O) groups excluding carboxylic acids is 2. The standard InChI is InChI=1S/C30H44N2O4S2/c1-20(2)36-30(34)35-19-38-28(23-12-10-21(3)11-13-23)32(24-14-16-31(4)17-15-24)25-18-26(37-27(25)29(38)33)22-8-6-5-7-9-22/h8,18,20-21,23-24H,5-7,9-17,19H2,1-4H3. The van der Waals surface area contributed by atoms with Gasteiger partial charge in [-0.05, 0) is 103 Å². The van der Waals surface area contributed by atoms with E-state index in [0.29, 0.717) is 12.0 Å². The number of thiophene rings is 1. The van der Waals surface area contributed by atoms with Gasteiger partial charge in [-0.1, -0.05) is 36.3 Å². The van der Waals surface area contributed by atoms with Crippen LogP contribution in [-0.2, 0) is 9.47 Å². The highest BCUT2D eigenvalue weighted by molar-refractivity contribution is 8.29. The van der Waals surface area contributed by atoms with Crippen LogP contribution < -0.4 is 4.90 Å². The lowest BCUT2D eigenvalue weighted by molar-refractivity contribution is 0.0461. The molecule has 1 aromatic heterocycles. The zero-order valence-corrected chi connectivity index (χ0v) is 25.1. The molecule has 1 saturated carbocycles. The third-order valence-electron chi connectivity index (χ3n) is 8.52. The number of hydrogen-bond donors (Lipinski definition) is 0. The van der Waals surface area contributed by atoms with Gasteiger partial charge in [0.05, 0.1) is 16.8 Å². The van der Waals surface area contributed by atoms with Gasteiger partial charge >= 0.3 is 6.16 Å². The number of likely N-dealkylation sites (tertiary alicyclic amines) is 1. The van der Waals surface area contributed by atoms with Crippen LogP contribution in [-0.4, -0.2) is 59.4 Å². The second kappa shape index (κ2) is 12.3. The molecule has 1 aromatic rings. The van der Waals surface area contributed by atoms with Gasteiger partial charge in [0, 0.05) is 16.8 Å². The van der Waals surface area contributed by atoms with Crippen molar-refractivity contribution in [2.24, 2.45) is 11.8 Å². The Morgan fingerprint density at radius 1 is 1.13 bits per heavy atom. The molecule has 0 amide bonds. The van der Waals surface area contributed by atoms with Crippen molar-refractivity contribution in [1.82, 2.24) is 4.90 Å². The molecule has 2 fully saturated rings. The largest absolute Gasteiger partial charge is 0.509 e. The van der Waals surface area contributed by atoms with E-state index in [-0.39, 0.29) is 17.2 Å². The number of carbonyl (C=O) groups is 2. The molecule has 210 valence electrons. The van der Waals surface area contributed by atoms with Gasteiger partial charge in [-0.25, -0.2) is 4.79 Å². The van der Waals surface area contributed by atoms with E-state index in [1.165, 1.54) is 41.1 Å². The Morgan fingerprint density at radius 3 is 2.53 bits per heavy atom. The van der Waals surface area contributed by atoms with Crippen molar-refractivity contribution < 1.29 is 19.1 Å². The Balaban J connectivity index is 1.57. The molecule has 0 radical (unpaired) electrons. The summed E-state index contributed by atoms with van der Waals surface area (Å²) in [5, 5.41) is 0.155. The molecule has 4 aliphatic rings. The summed E-state index contributed by atoms with van der Waals surface area (Å²) in [7, 11) is 1.39. The average molecular weight is 561 g/mol. The van der Waals surface area contributed by atoms with Crippen LogP contribution >= 0.6 is 21.8 Å². The van der Waals surface area contributed by atoms with E-state index in [4.69, 9.17) is 9.47 Å². The van der Waals surface area contributed by atoms with Crippen molar-refractivity contribution >= 4 is 49.3 Å². The summed E-state index contributed by atoms with van der Waals surface area (Å²) in [6.07, 6.45) is 12.9. The van der Waals surface area contributed by atoms with Gasteiger partial charge in [0.1, 0.15) is 10.8 Å². The molecule has 6 nitrogen and oxygen atoms in total. The topological polar surface area (TPSA) is 59.1 Å². The molecule has 8 heteroatoms. The van der Waals surface area contributed by atoms with Crippen LogP contribution in [0.3, 0.4) is 0 Å². The third-order valence-corrected chi connectivity index (χ3v) is 11.9. The van der Waals surface area contributed by atoms with E-state index in [1.54, 1.807) is 11.3 Å². The van der Waals surface area contributed by atoms with Crippen LogP contribution in [0.25, 0.3) is 5.57 Å². The summed E-state index contributed by atoms with van der Waals surface area (Å²) in [6, 6.07) is 2.70. The lowest BCUT2D eigenvalue weighted by Crippen LogP contribution is -2.51.